The molecule has 1 rings (SSSR count). The molecule has 3 heteroatoms. The normalized spacial score (nSPS) is 10.4. The summed E-state index contributed by atoms with van der Waals surface area (Å²) in [7, 11) is 1.63. The second-order valence-corrected chi connectivity index (χ2v) is 2.87. The van der Waals surface area contributed by atoms with Crippen LogP contribution in [0.15, 0.2) is 35.3 Å². The zero-order valence-corrected chi connectivity index (χ0v) is 8.23. The molecule has 0 atom stereocenters. The third kappa shape index (κ3) is 3.85. The highest BCUT2D eigenvalue weighted by Crippen LogP contribution is 1.94. The van der Waals surface area contributed by atoms with E-state index in [0.29, 0.717) is 13.0 Å². The van der Waals surface area contributed by atoms with E-state index in [2.05, 4.69) is 10.3 Å². The Morgan fingerprint density at radius 3 is 2.79 bits per heavy atom. The van der Waals surface area contributed by atoms with E-state index < -0.39 is 0 Å². The monoisotopic (exact) mass is 190 g/mol. The second-order valence-electron chi connectivity index (χ2n) is 2.87. The number of nitrogens with zero attached hydrogens (tertiary/aromatic N) is 1. The van der Waals surface area contributed by atoms with Crippen molar-refractivity contribution in [3.05, 3.63) is 35.9 Å². The standard InChI is InChI=1S/C11H14N2O/c1-12-11(14)7-8-13-9-10-5-3-2-4-6-10/h2-6,9H,7-8H2,1H3,(H,12,14). The minimum Gasteiger partial charge on any atom is -0.359 e. The maximum Gasteiger partial charge on any atom is 0.221 e. The van der Waals surface area contributed by atoms with Gasteiger partial charge in [-0.1, -0.05) is 30.3 Å². The van der Waals surface area contributed by atoms with Gasteiger partial charge in [0.05, 0.1) is 0 Å². The van der Waals surface area contributed by atoms with E-state index in [0.717, 1.165) is 5.56 Å². The first-order valence-corrected chi connectivity index (χ1v) is 4.58. The van der Waals surface area contributed by atoms with Crippen LogP contribution < -0.4 is 5.32 Å². The Labute approximate surface area is 83.9 Å². The SMILES string of the molecule is CNC(=O)CCN=Cc1ccccc1. The van der Waals surface area contributed by atoms with E-state index >= 15 is 0 Å². The Morgan fingerprint density at radius 2 is 2.14 bits per heavy atom. The smallest absolute Gasteiger partial charge is 0.221 e. The van der Waals surface area contributed by atoms with Crippen molar-refractivity contribution >= 4 is 12.1 Å². The fourth-order valence-corrected chi connectivity index (χ4v) is 1.00. The highest BCUT2D eigenvalue weighted by atomic mass is 16.1. The Bertz CT molecular complexity index is 306. The highest BCUT2D eigenvalue weighted by molar-refractivity contribution is 5.80. The Balaban J connectivity index is 2.31. The molecule has 0 fully saturated rings. The first kappa shape index (κ1) is 10.4. The predicted octanol–water partition coefficient (Wildman–Crippen LogP) is 1.24. The van der Waals surface area contributed by atoms with Gasteiger partial charge in [-0.05, 0) is 5.56 Å². The minimum atomic E-state index is 0.0233. The lowest BCUT2D eigenvalue weighted by Gasteiger charge is -1.94. The molecule has 0 saturated heterocycles. The molecule has 14 heavy (non-hydrogen) atoms. The summed E-state index contributed by atoms with van der Waals surface area (Å²) < 4.78 is 0. The number of rotatable bonds is 4. The molecule has 1 aromatic rings. The summed E-state index contributed by atoms with van der Waals surface area (Å²) >= 11 is 0. The molecule has 0 bridgehead atoms. The van der Waals surface area contributed by atoms with E-state index in [4.69, 9.17) is 0 Å². The van der Waals surface area contributed by atoms with Gasteiger partial charge in [0, 0.05) is 26.2 Å². The van der Waals surface area contributed by atoms with Crippen LogP contribution in [-0.4, -0.2) is 25.7 Å². The number of nitrogens with one attached hydrogen (secondary N) is 1. The fourth-order valence-electron chi connectivity index (χ4n) is 1.00. The van der Waals surface area contributed by atoms with Crippen LogP contribution in [0.5, 0.6) is 0 Å². The maximum atomic E-state index is 10.8. The molecule has 0 radical (unpaired) electrons. The summed E-state index contributed by atoms with van der Waals surface area (Å²) in [5.74, 6) is 0.0233. The molecule has 3 nitrogen and oxygen atoms in total. The van der Waals surface area contributed by atoms with Crippen molar-refractivity contribution in [2.45, 2.75) is 6.42 Å². The van der Waals surface area contributed by atoms with Gasteiger partial charge in [0.25, 0.3) is 0 Å². The summed E-state index contributed by atoms with van der Waals surface area (Å²) in [6.07, 6.45) is 2.22. The minimum absolute atomic E-state index is 0.0233. The molecule has 0 unspecified atom stereocenters. The van der Waals surface area contributed by atoms with E-state index in [9.17, 15) is 4.79 Å². The van der Waals surface area contributed by atoms with Gasteiger partial charge in [-0.25, -0.2) is 0 Å². The lowest BCUT2D eigenvalue weighted by Crippen LogP contribution is -2.18. The summed E-state index contributed by atoms with van der Waals surface area (Å²) in [6, 6.07) is 9.83. The molecule has 0 aromatic heterocycles. The van der Waals surface area contributed by atoms with Gasteiger partial charge in [0.1, 0.15) is 0 Å². The zero-order valence-electron chi connectivity index (χ0n) is 8.23. The molecule has 1 amide bonds. The second kappa shape index (κ2) is 5.91. The highest BCUT2D eigenvalue weighted by Gasteiger charge is 1.93. The van der Waals surface area contributed by atoms with Crippen molar-refractivity contribution in [2.75, 3.05) is 13.6 Å². The van der Waals surface area contributed by atoms with Crippen molar-refractivity contribution in [3.63, 3.8) is 0 Å². The number of hydrogen-bond acceptors (Lipinski definition) is 2. The molecule has 1 N–H and O–H groups in total. The van der Waals surface area contributed by atoms with Crippen LogP contribution in [0.4, 0.5) is 0 Å². The van der Waals surface area contributed by atoms with Crippen LogP contribution in [0.1, 0.15) is 12.0 Å². The van der Waals surface area contributed by atoms with Crippen molar-refractivity contribution in [1.82, 2.24) is 5.32 Å². The maximum absolute atomic E-state index is 10.8. The Morgan fingerprint density at radius 1 is 1.43 bits per heavy atom. The van der Waals surface area contributed by atoms with Gasteiger partial charge in [-0.3, -0.25) is 9.79 Å². The first-order valence-electron chi connectivity index (χ1n) is 4.58. The van der Waals surface area contributed by atoms with Gasteiger partial charge in [-0.15, -0.1) is 0 Å². The van der Waals surface area contributed by atoms with Gasteiger partial charge >= 0.3 is 0 Å². The summed E-state index contributed by atoms with van der Waals surface area (Å²) in [5, 5.41) is 2.55. The van der Waals surface area contributed by atoms with E-state index in [1.54, 1.807) is 13.3 Å². The van der Waals surface area contributed by atoms with Crippen LogP contribution >= 0.6 is 0 Å². The molecule has 0 aliphatic carbocycles. The molecule has 0 spiro atoms. The van der Waals surface area contributed by atoms with Gasteiger partial charge in [0.15, 0.2) is 0 Å². The number of hydrogen-bond donors (Lipinski definition) is 1. The Hall–Kier alpha value is -1.64. The van der Waals surface area contributed by atoms with E-state index in [1.165, 1.54) is 0 Å². The first-order chi connectivity index (χ1) is 6.83. The molecule has 0 aliphatic rings. The summed E-state index contributed by atoms with van der Waals surface area (Å²) in [4.78, 5) is 15.0. The molecule has 1 aromatic carbocycles. The molecule has 74 valence electrons. The van der Waals surface area contributed by atoms with E-state index in [1.807, 2.05) is 30.3 Å². The van der Waals surface area contributed by atoms with Gasteiger partial charge in [-0.2, -0.15) is 0 Å². The summed E-state index contributed by atoms with van der Waals surface area (Å²) in [6.45, 7) is 0.536. The van der Waals surface area contributed by atoms with Gasteiger partial charge < -0.3 is 5.32 Å². The largest absolute Gasteiger partial charge is 0.359 e. The Kier molecular flexibility index (Phi) is 4.41. The summed E-state index contributed by atoms with van der Waals surface area (Å²) in [5.41, 5.74) is 1.06. The average Bonchev–Trinajstić information content (AvgIpc) is 2.25. The van der Waals surface area contributed by atoms with Crippen molar-refractivity contribution in [3.8, 4) is 0 Å². The van der Waals surface area contributed by atoms with Crippen molar-refractivity contribution in [2.24, 2.45) is 4.99 Å². The number of carbonyl (C=O) groups is 1. The zero-order chi connectivity index (χ0) is 10.2. The number of carbonyl (C=O) groups excluding carboxylic acids is 1. The van der Waals surface area contributed by atoms with Crippen LogP contribution in [0.3, 0.4) is 0 Å². The van der Waals surface area contributed by atoms with Crippen LogP contribution in [0.2, 0.25) is 0 Å². The fraction of sp³-hybridized carbons (Fsp3) is 0.273. The lowest BCUT2D eigenvalue weighted by atomic mass is 10.2. The molecule has 0 saturated carbocycles. The predicted molar refractivity (Wildman–Crippen MR) is 57.6 cm³/mol. The van der Waals surface area contributed by atoms with Crippen molar-refractivity contribution in [1.29, 1.82) is 0 Å². The molecular formula is C11H14N2O. The lowest BCUT2D eigenvalue weighted by molar-refractivity contribution is -0.120. The quantitative estimate of drug-likeness (QED) is 0.713. The van der Waals surface area contributed by atoms with Gasteiger partial charge in [0.2, 0.25) is 5.91 Å². The van der Waals surface area contributed by atoms with Crippen LogP contribution in [0.25, 0.3) is 0 Å². The third-order valence-electron chi connectivity index (χ3n) is 1.79. The van der Waals surface area contributed by atoms with Crippen molar-refractivity contribution < 1.29 is 4.79 Å². The van der Waals surface area contributed by atoms with Crippen LogP contribution in [-0.2, 0) is 4.79 Å². The topological polar surface area (TPSA) is 41.5 Å². The number of amides is 1. The molecular weight excluding hydrogens is 176 g/mol. The molecule has 0 heterocycles. The third-order valence-corrected chi connectivity index (χ3v) is 1.79. The average molecular weight is 190 g/mol. The number of aliphatic imine (C=N–C) groups is 1. The van der Waals surface area contributed by atoms with Crippen LogP contribution in [0, 0.1) is 0 Å². The van der Waals surface area contributed by atoms with E-state index in [-0.39, 0.29) is 5.91 Å². The molecule has 0 aliphatic heterocycles. The number of benzene rings is 1.